The van der Waals surface area contributed by atoms with Crippen LogP contribution in [-0.2, 0) is 14.3 Å². The van der Waals surface area contributed by atoms with Crippen LogP contribution in [0.3, 0.4) is 0 Å². The van der Waals surface area contributed by atoms with Crippen molar-refractivity contribution in [1.82, 2.24) is 5.32 Å². The van der Waals surface area contributed by atoms with Gasteiger partial charge < -0.3 is 40.3 Å². The fourth-order valence-corrected chi connectivity index (χ4v) is 8.18. The Morgan fingerprint density at radius 1 is 0.574 bits per heavy atom. The summed E-state index contributed by atoms with van der Waals surface area (Å²) in [5, 5.41) is 54.5. The van der Waals surface area contributed by atoms with Gasteiger partial charge in [0, 0.05) is 6.42 Å². The molecule has 7 atom stereocenters. The predicted octanol–water partition coefficient (Wildman–Crippen LogP) is 11.6. The van der Waals surface area contributed by atoms with E-state index in [2.05, 4.69) is 55.6 Å². The standard InChI is InChI=1S/C52H97NO8/c1-3-5-7-9-11-13-15-17-19-20-21-22-23-24-25-26-28-29-31-33-35-37-39-41-46(55)45(44-60-52-51(59)50(58)49(57)47(43-54)61-52)53-48(56)42-40-38-36-34-32-30-27-18-16-14-12-10-8-6-4-2/h6,8,12,14,18,27,45-47,49-52,54-55,57-59H,3-5,7,9-11,13,15-17,19-26,28-44H2,1-2H3,(H,53,56)/b8-6-,14-12-,27-18-. The largest absolute Gasteiger partial charge is 0.394 e. The molecule has 0 aromatic carbocycles. The maximum atomic E-state index is 13.0. The molecule has 6 N–H and O–H groups in total. The average Bonchev–Trinajstić information content (AvgIpc) is 3.26. The number of hydrogen-bond acceptors (Lipinski definition) is 8. The highest BCUT2D eigenvalue weighted by Crippen LogP contribution is 2.23. The molecule has 1 aliphatic heterocycles. The van der Waals surface area contributed by atoms with Gasteiger partial charge in [-0.2, -0.15) is 0 Å². The molecule has 0 aromatic heterocycles. The Hall–Kier alpha value is -1.59. The summed E-state index contributed by atoms with van der Waals surface area (Å²) in [6.45, 7) is 3.73. The summed E-state index contributed by atoms with van der Waals surface area (Å²) in [6, 6.07) is -0.728. The number of unbranched alkanes of at least 4 members (excludes halogenated alkanes) is 27. The third-order valence-corrected chi connectivity index (χ3v) is 12.3. The van der Waals surface area contributed by atoms with Gasteiger partial charge in [-0.15, -0.1) is 0 Å². The monoisotopic (exact) mass is 864 g/mol. The van der Waals surface area contributed by atoms with Crippen LogP contribution < -0.4 is 5.32 Å². The van der Waals surface area contributed by atoms with Crippen LogP contribution in [0.25, 0.3) is 0 Å². The highest BCUT2D eigenvalue weighted by Gasteiger charge is 2.44. The van der Waals surface area contributed by atoms with E-state index in [0.717, 1.165) is 77.0 Å². The van der Waals surface area contributed by atoms with Crippen molar-refractivity contribution in [1.29, 1.82) is 0 Å². The highest BCUT2D eigenvalue weighted by molar-refractivity contribution is 5.76. The minimum Gasteiger partial charge on any atom is -0.394 e. The van der Waals surface area contributed by atoms with Crippen molar-refractivity contribution < 1.29 is 39.8 Å². The summed E-state index contributed by atoms with van der Waals surface area (Å²) in [5.74, 6) is -0.160. The molecule has 0 radical (unpaired) electrons. The zero-order chi connectivity index (χ0) is 44.4. The Labute approximate surface area is 374 Å². The first-order chi connectivity index (χ1) is 29.8. The number of amides is 1. The van der Waals surface area contributed by atoms with E-state index in [-0.39, 0.29) is 12.5 Å². The van der Waals surface area contributed by atoms with Gasteiger partial charge in [-0.05, 0) is 44.9 Å². The van der Waals surface area contributed by atoms with E-state index >= 15 is 0 Å². The maximum absolute atomic E-state index is 13.0. The molecule has 61 heavy (non-hydrogen) atoms. The summed E-state index contributed by atoms with van der Waals surface area (Å²) in [4.78, 5) is 13.0. The number of allylic oxidation sites excluding steroid dienone is 6. The van der Waals surface area contributed by atoms with Gasteiger partial charge in [-0.1, -0.05) is 217 Å². The number of aliphatic hydroxyl groups excluding tert-OH is 5. The molecule has 9 nitrogen and oxygen atoms in total. The summed E-state index contributed by atoms with van der Waals surface area (Å²) in [5.41, 5.74) is 0. The number of hydrogen-bond donors (Lipinski definition) is 6. The van der Waals surface area contributed by atoms with E-state index in [9.17, 15) is 30.3 Å². The number of carbonyl (C=O) groups excluding carboxylic acids is 1. The van der Waals surface area contributed by atoms with E-state index in [1.165, 1.54) is 128 Å². The lowest BCUT2D eigenvalue weighted by Gasteiger charge is -2.40. The first-order valence-corrected chi connectivity index (χ1v) is 25.7. The number of ether oxygens (including phenoxy) is 2. The lowest BCUT2D eigenvalue weighted by atomic mass is 9.99. The molecule has 0 aliphatic carbocycles. The molecule has 0 aromatic rings. The molecule has 1 saturated heterocycles. The van der Waals surface area contributed by atoms with Crippen LogP contribution in [0.1, 0.15) is 232 Å². The quantitative estimate of drug-likeness (QED) is 0.0262. The normalized spacial score (nSPS) is 20.7. The molecule has 0 bridgehead atoms. The zero-order valence-electron chi connectivity index (χ0n) is 39.4. The molecule has 9 heteroatoms. The summed E-state index contributed by atoms with van der Waals surface area (Å²) >= 11 is 0. The lowest BCUT2D eigenvalue weighted by Crippen LogP contribution is -2.60. The van der Waals surface area contributed by atoms with E-state index in [1.54, 1.807) is 0 Å². The molecule has 1 amide bonds. The zero-order valence-corrected chi connectivity index (χ0v) is 39.4. The van der Waals surface area contributed by atoms with Gasteiger partial charge in [0.1, 0.15) is 24.4 Å². The Balaban J connectivity index is 2.25. The number of aliphatic hydroxyl groups is 5. The van der Waals surface area contributed by atoms with Crippen LogP contribution >= 0.6 is 0 Å². The van der Waals surface area contributed by atoms with Crippen molar-refractivity contribution in [2.24, 2.45) is 0 Å². The fraction of sp³-hybridized carbons (Fsp3) is 0.865. The minimum absolute atomic E-state index is 0.145. The lowest BCUT2D eigenvalue weighted by molar-refractivity contribution is -0.302. The van der Waals surface area contributed by atoms with Crippen molar-refractivity contribution in [3.63, 3.8) is 0 Å². The molecule has 7 unspecified atom stereocenters. The fourth-order valence-electron chi connectivity index (χ4n) is 8.18. The van der Waals surface area contributed by atoms with Gasteiger partial charge in [-0.3, -0.25) is 4.79 Å². The highest BCUT2D eigenvalue weighted by atomic mass is 16.7. The number of rotatable bonds is 43. The average molecular weight is 864 g/mol. The molecule has 0 spiro atoms. The second kappa shape index (κ2) is 42.4. The van der Waals surface area contributed by atoms with Gasteiger partial charge in [-0.25, -0.2) is 0 Å². The summed E-state index contributed by atoms with van der Waals surface area (Å²) in [6.07, 6.45) is 45.9. The Kier molecular flexibility index (Phi) is 39.9. The van der Waals surface area contributed by atoms with Crippen molar-refractivity contribution in [2.75, 3.05) is 13.2 Å². The van der Waals surface area contributed by atoms with Gasteiger partial charge in [0.25, 0.3) is 0 Å². The third-order valence-electron chi connectivity index (χ3n) is 12.3. The van der Waals surface area contributed by atoms with E-state index < -0.39 is 49.5 Å². The first-order valence-electron chi connectivity index (χ1n) is 25.7. The molecule has 1 aliphatic rings. The van der Waals surface area contributed by atoms with Gasteiger partial charge in [0.05, 0.1) is 25.4 Å². The molecule has 1 heterocycles. The summed E-state index contributed by atoms with van der Waals surface area (Å²) < 4.78 is 11.3. The topological polar surface area (TPSA) is 149 Å². The van der Waals surface area contributed by atoms with Crippen LogP contribution in [0.2, 0.25) is 0 Å². The molecule has 1 rings (SSSR count). The molecular formula is C52H97NO8. The Morgan fingerprint density at radius 3 is 1.51 bits per heavy atom. The number of carbonyl (C=O) groups is 1. The van der Waals surface area contributed by atoms with E-state index in [0.29, 0.717) is 12.8 Å². The SMILES string of the molecule is CC/C=C\C/C=C\C/C=C\CCCCCCCC(=O)NC(COC1OC(CO)C(O)C(O)C1O)C(O)CCCCCCCCCCCCCCCCCCCCCCCCC. The van der Waals surface area contributed by atoms with Crippen molar-refractivity contribution in [3.05, 3.63) is 36.5 Å². The summed E-state index contributed by atoms with van der Waals surface area (Å²) in [7, 11) is 0. The van der Waals surface area contributed by atoms with Crippen molar-refractivity contribution in [2.45, 2.75) is 275 Å². The van der Waals surface area contributed by atoms with Gasteiger partial charge in [0.15, 0.2) is 6.29 Å². The molecule has 0 saturated carbocycles. The molecule has 1 fully saturated rings. The van der Waals surface area contributed by atoms with Crippen molar-refractivity contribution in [3.8, 4) is 0 Å². The molecular weight excluding hydrogens is 767 g/mol. The predicted molar refractivity (Wildman–Crippen MR) is 253 cm³/mol. The van der Waals surface area contributed by atoms with Gasteiger partial charge in [0.2, 0.25) is 5.91 Å². The van der Waals surface area contributed by atoms with Crippen LogP contribution in [0, 0.1) is 0 Å². The first kappa shape index (κ1) is 57.4. The number of nitrogens with one attached hydrogen (secondary N) is 1. The second-order valence-electron chi connectivity index (χ2n) is 17.9. The van der Waals surface area contributed by atoms with Crippen LogP contribution in [0.15, 0.2) is 36.5 Å². The minimum atomic E-state index is -1.56. The van der Waals surface area contributed by atoms with Crippen molar-refractivity contribution >= 4 is 5.91 Å². The van der Waals surface area contributed by atoms with Crippen LogP contribution in [0.5, 0.6) is 0 Å². The van der Waals surface area contributed by atoms with Gasteiger partial charge >= 0.3 is 0 Å². The van der Waals surface area contributed by atoms with E-state index in [1.807, 2.05) is 0 Å². The maximum Gasteiger partial charge on any atom is 0.220 e. The smallest absolute Gasteiger partial charge is 0.220 e. The third kappa shape index (κ3) is 32.7. The molecule has 358 valence electrons. The second-order valence-corrected chi connectivity index (χ2v) is 17.9. The Bertz CT molecular complexity index is 1050. The van der Waals surface area contributed by atoms with Crippen LogP contribution in [0.4, 0.5) is 0 Å². The van der Waals surface area contributed by atoms with E-state index in [4.69, 9.17) is 9.47 Å². The van der Waals surface area contributed by atoms with Crippen LogP contribution in [-0.4, -0.2) is 87.5 Å². The Morgan fingerprint density at radius 2 is 1.02 bits per heavy atom.